The molecule has 126 valence electrons. The number of nitrogens with zero attached hydrogens (tertiary/aromatic N) is 6. The van der Waals surface area contributed by atoms with E-state index in [9.17, 15) is 13.2 Å². The number of imidazole rings is 1. The zero-order valence-electron chi connectivity index (χ0n) is 12.4. The van der Waals surface area contributed by atoms with Gasteiger partial charge in [-0.05, 0) is 23.4 Å². The number of tetrazole rings is 1. The first-order valence-electron chi connectivity index (χ1n) is 6.79. The summed E-state index contributed by atoms with van der Waals surface area (Å²) in [6, 6.07) is 5.06. The van der Waals surface area contributed by atoms with Gasteiger partial charge in [-0.15, -0.1) is 10.2 Å². The molecule has 0 aliphatic rings. The minimum Gasteiger partial charge on any atom is -0.359 e. The average Bonchev–Trinajstić information content (AvgIpc) is 3.28. The van der Waals surface area contributed by atoms with Crippen LogP contribution in [0.2, 0.25) is 0 Å². The summed E-state index contributed by atoms with van der Waals surface area (Å²) in [5.74, 6) is 0.0196. The van der Waals surface area contributed by atoms with Crippen molar-refractivity contribution in [2.45, 2.75) is 6.18 Å². The molecule has 2 N–H and O–H groups in total. The van der Waals surface area contributed by atoms with Crippen molar-refractivity contribution in [3.05, 3.63) is 54.5 Å². The summed E-state index contributed by atoms with van der Waals surface area (Å²) in [5.41, 5.74) is -0.274. The highest BCUT2D eigenvalue weighted by molar-refractivity contribution is 5.75. The molecular weight excluding hydrogens is 337 g/mol. The summed E-state index contributed by atoms with van der Waals surface area (Å²) in [6.45, 7) is 0. The third kappa shape index (κ3) is 3.47. The Balaban J connectivity index is 2.02. The van der Waals surface area contributed by atoms with E-state index in [1.165, 1.54) is 29.4 Å². The number of benzene rings is 1. The van der Waals surface area contributed by atoms with Gasteiger partial charge in [0.15, 0.2) is 0 Å². The highest BCUT2D eigenvalue weighted by atomic mass is 19.4. The van der Waals surface area contributed by atoms with Crippen LogP contribution in [0.4, 0.5) is 18.9 Å². The number of H-pyrrole nitrogens is 1. The largest absolute Gasteiger partial charge is 0.416 e. The second-order valence-corrected chi connectivity index (χ2v) is 4.75. The maximum atomic E-state index is 13.0. The Morgan fingerprint density at radius 3 is 2.80 bits per heavy atom. The van der Waals surface area contributed by atoms with Crippen LogP contribution in [0, 0.1) is 11.3 Å². The number of rotatable bonds is 4. The average molecular weight is 346 g/mol. The molecule has 0 aliphatic carbocycles. The van der Waals surface area contributed by atoms with Crippen molar-refractivity contribution < 1.29 is 13.2 Å². The fourth-order valence-corrected chi connectivity index (χ4v) is 2.03. The van der Waals surface area contributed by atoms with Gasteiger partial charge in [0.25, 0.3) is 0 Å². The first kappa shape index (κ1) is 16.2. The van der Waals surface area contributed by atoms with E-state index >= 15 is 0 Å². The Bertz CT molecular complexity index is 920. The second kappa shape index (κ2) is 6.44. The fourth-order valence-electron chi connectivity index (χ4n) is 2.03. The number of nitrogens with one attached hydrogen (secondary N) is 2. The van der Waals surface area contributed by atoms with Crippen LogP contribution in [0.15, 0.2) is 43.1 Å². The SMILES string of the molecule is N#CC(=CNc1cc(C(F)(F)F)ccc1-n1ccnc1)c1nn[nH]n1. The minimum absolute atomic E-state index is 0.00254. The molecule has 11 heteroatoms. The van der Waals surface area contributed by atoms with Crippen LogP contribution < -0.4 is 5.32 Å². The van der Waals surface area contributed by atoms with Crippen LogP contribution in [0.25, 0.3) is 11.3 Å². The monoisotopic (exact) mass is 346 g/mol. The van der Waals surface area contributed by atoms with Gasteiger partial charge >= 0.3 is 6.18 Å². The minimum atomic E-state index is -4.50. The van der Waals surface area contributed by atoms with Crippen LogP contribution in [0.3, 0.4) is 0 Å². The van der Waals surface area contributed by atoms with E-state index in [1.807, 2.05) is 6.07 Å². The van der Waals surface area contributed by atoms with Crippen molar-refractivity contribution in [3.63, 3.8) is 0 Å². The topological polar surface area (TPSA) is 108 Å². The third-order valence-corrected chi connectivity index (χ3v) is 3.19. The number of alkyl halides is 3. The molecule has 0 radical (unpaired) electrons. The molecule has 2 heterocycles. The maximum Gasteiger partial charge on any atom is 0.416 e. The van der Waals surface area contributed by atoms with Crippen molar-refractivity contribution >= 4 is 11.3 Å². The smallest absolute Gasteiger partial charge is 0.359 e. The lowest BCUT2D eigenvalue weighted by Crippen LogP contribution is -2.07. The molecule has 3 rings (SSSR count). The molecule has 0 bridgehead atoms. The zero-order valence-corrected chi connectivity index (χ0v) is 12.4. The number of aromatic nitrogens is 6. The van der Waals surface area contributed by atoms with Crippen LogP contribution in [-0.2, 0) is 6.18 Å². The molecule has 0 fully saturated rings. The quantitative estimate of drug-likeness (QED) is 0.702. The molecule has 0 saturated heterocycles. The molecule has 25 heavy (non-hydrogen) atoms. The van der Waals surface area contributed by atoms with Crippen molar-refractivity contribution in [1.29, 1.82) is 5.26 Å². The lowest BCUT2D eigenvalue weighted by atomic mass is 10.1. The van der Waals surface area contributed by atoms with Gasteiger partial charge in [-0.1, -0.05) is 0 Å². The molecule has 0 aliphatic heterocycles. The molecule has 0 atom stereocenters. The predicted octanol–water partition coefficient (Wildman–Crippen LogP) is 2.38. The molecule has 0 spiro atoms. The van der Waals surface area contributed by atoms with E-state index in [0.29, 0.717) is 5.69 Å². The van der Waals surface area contributed by atoms with Crippen LogP contribution >= 0.6 is 0 Å². The van der Waals surface area contributed by atoms with Crippen molar-refractivity contribution in [2.75, 3.05) is 5.32 Å². The fraction of sp³-hybridized carbons (Fsp3) is 0.0714. The number of halogens is 3. The molecular formula is C14H9F3N8. The van der Waals surface area contributed by atoms with Gasteiger partial charge in [0, 0.05) is 18.6 Å². The molecule has 1 aromatic carbocycles. The molecule has 0 unspecified atom stereocenters. The summed E-state index contributed by atoms with van der Waals surface area (Å²) in [4.78, 5) is 3.88. The van der Waals surface area contributed by atoms with Gasteiger partial charge in [-0.25, -0.2) is 4.98 Å². The first-order valence-corrected chi connectivity index (χ1v) is 6.79. The zero-order chi connectivity index (χ0) is 17.9. The highest BCUT2D eigenvalue weighted by Gasteiger charge is 2.31. The number of hydrogen-bond donors (Lipinski definition) is 2. The van der Waals surface area contributed by atoms with Gasteiger partial charge in [0.05, 0.1) is 23.3 Å². The molecule has 0 amide bonds. The van der Waals surface area contributed by atoms with Gasteiger partial charge in [0.2, 0.25) is 5.82 Å². The number of nitriles is 1. The van der Waals surface area contributed by atoms with Crippen LogP contribution in [-0.4, -0.2) is 30.2 Å². The first-order chi connectivity index (χ1) is 12.0. The molecule has 3 aromatic rings. The summed E-state index contributed by atoms with van der Waals surface area (Å²) >= 11 is 0. The number of allylic oxidation sites excluding steroid dienone is 1. The van der Waals surface area contributed by atoms with E-state index in [-0.39, 0.29) is 17.1 Å². The van der Waals surface area contributed by atoms with Crippen LogP contribution in [0.1, 0.15) is 11.4 Å². The number of aromatic amines is 1. The van der Waals surface area contributed by atoms with Gasteiger partial charge in [0.1, 0.15) is 11.6 Å². The lowest BCUT2D eigenvalue weighted by molar-refractivity contribution is -0.137. The second-order valence-electron chi connectivity index (χ2n) is 4.75. The van der Waals surface area contributed by atoms with E-state index in [2.05, 4.69) is 30.9 Å². The molecule has 0 saturated carbocycles. The van der Waals surface area contributed by atoms with Gasteiger partial charge < -0.3 is 9.88 Å². The Kier molecular flexibility index (Phi) is 4.17. The summed E-state index contributed by atoms with van der Waals surface area (Å²) in [7, 11) is 0. The summed E-state index contributed by atoms with van der Waals surface area (Å²) in [5, 5.41) is 24.7. The third-order valence-electron chi connectivity index (χ3n) is 3.19. The Morgan fingerprint density at radius 1 is 1.36 bits per heavy atom. The van der Waals surface area contributed by atoms with Gasteiger partial charge in [-0.2, -0.15) is 23.6 Å². The Labute approximate surface area is 138 Å². The Hall–Kier alpha value is -3.68. The summed E-state index contributed by atoms with van der Waals surface area (Å²) < 4.78 is 40.5. The van der Waals surface area contributed by atoms with Crippen molar-refractivity contribution in [3.8, 4) is 11.8 Å². The standard InChI is InChI=1S/C14H9F3N8/c15-14(16,17)10-1-2-12(25-4-3-19-8-25)11(5-10)20-7-9(6-18)13-21-23-24-22-13/h1-5,7-8,20H,(H,21,22,23,24). The van der Waals surface area contributed by atoms with E-state index in [4.69, 9.17) is 5.26 Å². The summed E-state index contributed by atoms with van der Waals surface area (Å²) in [6.07, 6.45) is 1.24. The van der Waals surface area contributed by atoms with E-state index in [1.54, 1.807) is 6.20 Å². The number of hydrogen-bond acceptors (Lipinski definition) is 6. The van der Waals surface area contributed by atoms with Crippen molar-refractivity contribution in [1.82, 2.24) is 30.2 Å². The van der Waals surface area contributed by atoms with E-state index in [0.717, 1.165) is 12.1 Å². The lowest BCUT2D eigenvalue weighted by Gasteiger charge is -2.14. The molecule has 8 nitrogen and oxygen atoms in total. The van der Waals surface area contributed by atoms with Crippen LogP contribution in [0.5, 0.6) is 0 Å². The van der Waals surface area contributed by atoms with Gasteiger partial charge in [-0.3, -0.25) is 0 Å². The Morgan fingerprint density at radius 2 is 2.20 bits per heavy atom. The van der Waals surface area contributed by atoms with E-state index < -0.39 is 11.7 Å². The number of anilines is 1. The normalized spacial score (nSPS) is 12.0. The predicted molar refractivity (Wildman–Crippen MR) is 80.0 cm³/mol. The van der Waals surface area contributed by atoms with Crippen molar-refractivity contribution in [2.24, 2.45) is 0 Å². The highest BCUT2D eigenvalue weighted by Crippen LogP contribution is 2.33. The maximum absolute atomic E-state index is 13.0. The molecule has 2 aromatic heterocycles.